The van der Waals surface area contributed by atoms with Gasteiger partial charge >= 0.3 is 7.12 Å². The van der Waals surface area contributed by atoms with Crippen molar-refractivity contribution >= 4 is 12.7 Å². The molecule has 2 saturated heterocycles. The van der Waals surface area contributed by atoms with Gasteiger partial charge in [-0.05, 0) is 89.9 Å². The first-order valence-electron chi connectivity index (χ1n) is 9.05. The van der Waals surface area contributed by atoms with E-state index in [0.717, 1.165) is 31.5 Å². The molecule has 0 saturated carbocycles. The molecule has 4 nitrogen and oxygen atoms in total. The molecule has 0 spiro atoms. The van der Waals surface area contributed by atoms with E-state index >= 15 is 4.39 Å². The van der Waals surface area contributed by atoms with E-state index in [4.69, 9.17) is 9.31 Å². The molecule has 2 aliphatic rings. The van der Waals surface area contributed by atoms with Crippen molar-refractivity contribution in [2.75, 3.05) is 20.1 Å². The van der Waals surface area contributed by atoms with Gasteiger partial charge in [-0.25, -0.2) is 4.39 Å². The molecule has 25 heavy (non-hydrogen) atoms. The Labute approximate surface area is 150 Å². The molecule has 0 amide bonds. The number of nitrogens with zero attached hydrogens (tertiary/aromatic N) is 2. The van der Waals surface area contributed by atoms with Crippen molar-refractivity contribution in [2.45, 2.75) is 51.7 Å². The van der Waals surface area contributed by atoms with Crippen molar-refractivity contribution in [2.24, 2.45) is 5.92 Å². The highest BCUT2D eigenvalue weighted by Gasteiger charge is 2.54. The first-order chi connectivity index (χ1) is 11.7. The van der Waals surface area contributed by atoms with Crippen LogP contribution in [0.4, 0.5) is 4.39 Å². The Morgan fingerprint density at radius 3 is 2.16 bits per heavy atom. The third-order valence-corrected chi connectivity index (χ3v) is 5.84. The zero-order chi connectivity index (χ0) is 18.2. The van der Waals surface area contributed by atoms with Gasteiger partial charge in [0.15, 0.2) is 0 Å². The Kier molecular flexibility index (Phi) is 5.06. The van der Waals surface area contributed by atoms with Gasteiger partial charge < -0.3 is 14.2 Å². The van der Waals surface area contributed by atoms with Crippen molar-refractivity contribution in [3.05, 3.63) is 35.8 Å². The lowest BCUT2D eigenvalue weighted by Gasteiger charge is -2.32. The summed E-state index contributed by atoms with van der Waals surface area (Å²) in [6.45, 7) is 9.72. The molecule has 0 aliphatic carbocycles. The number of hydrogen-bond donors (Lipinski definition) is 0. The summed E-state index contributed by atoms with van der Waals surface area (Å²) in [6.07, 6.45) is 5.28. The lowest BCUT2D eigenvalue weighted by Crippen LogP contribution is -2.41. The zero-order valence-corrected chi connectivity index (χ0v) is 15.9. The van der Waals surface area contributed by atoms with E-state index < -0.39 is 18.3 Å². The number of piperidine rings is 1. The van der Waals surface area contributed by atoms with E-state index in [1.165, 1.54) is 0 Å². The van der Waals surface area contributed by atoms with E-state index in [9.17, 15) is 0 Å². The molecule has 136 valence electrons. The number of allylic oxidation sites excluding steroid dienone is 1. The maximum absolute atomic E-state index is 15.6. The van der Waals surface area contributed by atoms with Crippen LogP contribution in [0.3, 0.4) is 0 Å². The summed E-state index contributed by atoms with van der Waals surface area (Å²) < 4.78 is 27.5. The lowest BCUT2D eigenvalue weighted by molar-refractivity contribution is 0.00578. The molecule has 0 radical (unpaired) electrons. The molecule has 6 heteroatoms. The lowest BCUT2D eigenvalue weighted by atomic mass is 9.76. The monoisotopic (exact) mass is 346 g/mol. The summed E-state index contributed by atoms with van der Waals surface area (Å²) >= 11 is 0. The van der Waals surface area contributed by atoms with E-state index in [2.05, 4.69) is 16.9 Å². The Morgan fingerprint density at radius 1 is 1.12 bits per heavy atom. The van der Waals surface area contributed by atoms with E-state index in [1.807, 2.05) is 39.8 Å². The van der Waals surface area contributed by atoms with Crippen molar-refractivity contribution in [3.63, 3.8) is 0 Å². The number of aromatic nitrogens is 1. The van der Waals surface area contributed by atoms with Crippen LogP contribution in [0.5, 0.6) is 0 Å². The predicted molar refractivity (Wildman–Crippen MR) is 98.6 cm³/mol. The standard InChI is InChI=1S/C19H28BFN2O2/c1-18(2)19(3,4)25-20(24-18)17(21)16(14-6-10-22-11-7-14)15-8-12-23(5)13-9-15/h6-7,10-11,15H,8-9,12-13H2,1-5H3. The van der Waals surface area contributed by atoms with Gasteiger partial charge in [0.25, 0.3) is 0 Å². The van der Waals surface area contributed by atoms with Crippen LogP contribution in [-0.4, -0.2) is 48.3 Å². The van der Waals surface area contributed by atoms with Gasteiger partial charge in [-0.2, -0.15) is 0 Å². The second kappa shape index (κ2) is 6.82. The van der Waals surface area contributed by atoms with Gasteiger partial charge in [0, 0.05) is 12.4 Å². The maximum atomic E-state index is 15.6. The predicted octanol–water partition coefficient (Wildman–Crippen LogP) is 3.74. The van der Waals surface area contributed by atoms with Crippen LogP contribution in [0.1, 0.15) is 46.1 Å². The van der Waals surface area contributed by atoms with E-state index in [0.29, 0.717) is 5.57 Å². The Morgan fingerprint density at radius 2 is 1.64 bits per heavy atom. The number of hydrogen-bond acceptors (Lipinski definition) is 4. The summed E-state index contributed by atoms with van der Waals surface area (Å²) in [4.78, 5) is 6.36. The van der Waals surface area contributed by atoms with Crippen molar-refractivity contribution < 1.29 is 13.7 Å². The highest BCUT2D eigenvalue weighted by molar-refractivity contribution is 6.55. The average Bonchev–Trinajstić information content (AvgIpc) is 2.78. The highest BCUT2D eigenvalue weighted by Crippen LogP contribution is 2.42. The highest BCUT2D eigenvalue weighted by atomic mass is 19.1. The maximum Gasteiger partial charge on any atom is 0.525 e. The Hall–Kier alpha value is -1.24. The van der Waals surface area contributed by atoms with Crippen LogP contribution < -0.4 is 0 Å². The van der Waals surface area contributed by atoms with Crippen molar-refractivity contribution in [1.82, 2.24) is 9.88 Å². The fraction of sp³-hybridized carbons (Fsp3) is 0.632. The number of pyridine rings is 1. The van der Waals surface area contributed by atoms with Crippen molar-refractivity contribution in [1.29, 1.82) is 0 Å². The second-order valence-electron chi connectivity index (χ2n) is 8.16. The summed E-state index contributed by atoms with van der Waals surface area (Å²) in [6, 6.07) is 3.75. The SMILES string of the molecule is CN1CCC(C(=C(F)B2OC(C)(C)C(C)(C)O2)c2ccncc2)CC1. The molecule has 3 heterocycles. The first kappa shape index (κ1) is 18.6. The Bertz CT molecular complexity index is 624. The molecular formula is C19H28BFN2O2. The molecule has 0 atom stereocenters. The van der Waals surface area contributed by atoms with Crippen molar-refractivity contribution in [3.8, 4) is 0 Å². The molecular weight excluding hydrogens is 318 g/mol. The van der Waals surface area contributed by atoms with Crippen LogP contribution in [-0.2, 0) is 9.31 Å². The van der Waals surface area contributed by atoms with E-state index in [-0.39, 0.29) is 11.6 Å². The molecule has 1 aromatic heterocycles. The zero-order valence-electron chi connectivity index (χ0n) is 15.9. The quantitative estimate of drug-likeness (QED) is 0.781. The summed E-state index contributed by atoms with van der Waals surface area (Å²) in [5.74, 6) is 0.164. The van der Waals surface area contributed by atoms with Crippen LogP contribution in [0.25, 0.3) is 5.57 Å². The number of halogens is 1. The minimum absolute atomic E-state index is 0.164. The molecule has 2 aliphatic heterocycles. The third kappa shape index (κ3) is 3.66. The van der Waals surface area contributed by atoms with Gasteiger partial charge in [0.2, 0.25) is 0 Å². The largest absolute Gasteiger partial charge is 0.525 e. The summed E-state index contributed by atoms with van der Waals surface area (Å²) in [5.41, 5.74) is 0.196. The van der Waals surface area contributed by atoms with Gasteiger partial charge in [-0.15, -0.1) is 0 Å². The minimum atomic E-state index is -0.951. The molecule has 0 unspecified atom stereocenters. The van der Waals surface area contributed by atoms with Crippen LogP contribution in [0.2, 0.25) is 0 Å². The smallest absolute Gasteiger partial charge is 0.398 e. The third-order valence-electron chi connectivity index (χ3n) is 5.84. The average molecular weight is 346 g/mol. The fourth-order valence-electron chi connectivity index (χ4n) is 3.47. The second-order valence-corrected chi connectivity index (χ2v) is 8.16. The van der Waals surface area contributed by atoms with Crippen LogP contribution in [0, 0.1) is 5.92 Å². The number of rotatable bonds is 3. The van der Waals surface area contributed by atoms with Crippen LogP contribution in [0.15, 0.2) is 30.3 Å². The molecule has 1 aromatic rings. The van der Waals surface area contributed by atoms with E-state index in [1.54, 1.807) is 12.4 Å². The molecule has 0 N–H and O–H groups in total. The fourth-order valence-corrected chi connectivity index (χ4v) is 3.47. The molecule has 2 fully saturated rings. The van der Waals surface area contributed by atoms with Gasteiger partial charge in [-0.1, -0.05) is 0 Å². The minimum Gasteiger partial charge on any atom is -0.398 e. The van der Waals surface area contributed by atoms with Gasteiger partial charge in [0.1, 0.15) is 5.73 Å². The topological polar surface area (TPSA) is 34.6 Å². The van der Waals surface area contributed by atoms with Gasteiger partial charge in [-0.3, -0.25) is 4.98 Å². The first-order valence-corrected chi connectivity index (χ1v) is 9.05. The van der Waals surface area contributed by atoms with Gasteiger partial charge in [0.05, 0.1) is 11.2 Å². The molecule has 0 aromatic carbocycles. The number of likely N-dealkylation sites (tertiary alicyclic amines) is 1. The normalized spacial score (nSPS) is 25.1. The Balaban J connectivity index is 1.97. The summed E-state index contributed by atoms with van der Waals surface area (Å²) in [5, 5.41) is 0. The summed E-state index contributed by atoms with van der Waals surface area (Å²) in [7, 11) is 1.16. The molecule has 3 rings (SSSR count). The molecule has 0 bridgehead atoms. The van der Waals surface area contributed by atoms with Crippen LogP contribution >= 0.6 is 0 Å².